The first kappa shape index (κ1) is 15.8. The molecule has 0 saturated carbocycles. The first-order chi connectivity index (χ1) is 10.3. The number of benzene rings is 1. The van der Waals surface area contributed by atoms with Crippen LogP contribution in [0.3, 0.4) is 0 Å². The van der Waals surface area contributed by atoms with Gasteiger partial charge in [0.25, 0.3) is 0 Å². The fraction of sp³-hybridized carbons (Fsp3) is 0.500. The van der Waals surface area contributed by atoms with Gasteiger partial charge in [-0.1, -0.05) is 29.8 Å². The number of hydrogen-bond donors (Lipinski definition) is 2. The van der Waals surface area contributed by atoms with Gasteiger partial charge in [-0.25, -0.2) is 0 Å². The molecular formula is C18H26N2O. The normalized spacial score (nSPS) is 14.6. The van der Waals surface area contributed by atoms with E-state index in [1.165, 1.54) is 25.7 Å². The lowest BCUT2D eigenvalue weighted by atomic mass is 9.97. The number of allylic oxidation sites excluding steroid dienone is 1. The Labute approximate surface area is 127 Å². The topological polar surface area (TPSA) is 41.1 Å². The second-order valence-corrected chi connectivity index (χ2v) is 5.72. The molecule has 2 rings (SSSR count). The summed E-state index contributed by atoms with van der Waals surface area (Å²) in [6, 6.07) is 7.87. The molecule has 0 spiro atoms. The number of para-hydroxylation sites is 1. The van der Waals surface area contributed by atoms with Gasteiger partial charge >= 0.3 is 0 Å². The fourth-order valence-corrected chi connectivity index (χ4v) is 2.63. The van der Waals surface area contributed by atoms with Crippen molar-refractivity contribution in [2.24, 2.45) is 0 Å². The minimum Gasteiger partial charge on any atom is -0.326 e. The standard InChI is InChI=1S/C18H26N2O/c1-15-7-5-6-10-17(15)20-18(21)12-14-19-13-11-16-8-3-2-4-9-16/h5-8,10,19H,2-4,9,11-14H2,1H3,(H,20,21). The summed E-state index contributed by atoms with van der Waals surface area (Å²) in [5, 5.41) is 6.32. The molecule has 0 atom stereocenters. The maximum absolute atomic E-state index is 11.9. The van der Waals surface area contributed by atoms with Gasteiger partial charge < -0.3 is 10.6 Å². The van der Waals surface area contributed by atoms with Gasteiger partial charge in [0.05, 0.1) is 0 Å². The molecule has 3 heteroatoms. The molecule has 1 aromatic rings. The lowest BCUT2D eigenvalue weighted by molar-refractivity contribution is -0.116. The van der Waals surface area contributed by atoms with Crippen LogP contribution in [0.4, 0.5) is 5.69 Å². The van der Waals surface area contributed by atoms with Gasteiger partial charge in [-0.3, -0.25) is 4.79 Å². The number of nitrogens with one attached hydrogen (secondary N) is 2. The van der Waals surface area contributed by atoms with E-state index < -0.39 is 0 Å². The van der Waals surface area contributed by atoms with Crippen molar-refractivity contribution in [3.8, 4) is 0 Å². The molecular weight excluding hydrogens is 260 g/mol. The Balaban J connectivity index is 1.59. The average molecular weight is 286 g/mol. The Morgan fingerprint density at radius 1 is 1.19 bits per heavy atom. The highest BCUT2D eigenvalue weighted by Gasteiger charge is 2.05. The van der Waals surface area contributed by atoms with E-state index in [-0.39, 0.29) is 5.91 Å². The van der Waals surface area contributed by atoms with E-state index in [0.29, 0.717) is 6.42 Å². The van der Waals surface area contributed by atoms with E-state index in [4.69, 9.17) is 0 Å². The molecule has 0 radical (unpaired) electrons. The van der Waals surface area contributed by atoms with Crippen molar-refractivity contribution < 1.29 is 4.79 Å². The monoisotopic (exact) mass is 286 g/mol. The van der Waals surface area contributed by atoms with Gasteiger partial charge in [0.2, 0.25) is 5.91 Å². The van der Waals surface area contributed by atoms with Gasteiger partial charge in [-0.2, -0.15) is 0 Å². The third kappa shape index (κ3) is 5.72. The zero-order chi connectivity index (χ0) is 14.9. The molecule has 1 aliphatic rings. The molecule has 0 bridgehead atoms. The van der Waals surface area contributed by atoms with E-state index in [1.54, 1.807) is 5.57 Å². The average Bonchev–Trinajstić information content (AvgIpc) is 2.50. The zero-order valence-electron chi connectivity index (χ0n) is 13.0. The van der Waals surface area contributed by atoms with E-state index in [0.717, 1.165) is 30.8 Å². The molecule has 114 valence electrons. The highest BCUT2D eigenvalue weighted by molar-refractivity contribution is 5.91. The van der Waals surface area contributed by atoms with Crippen LogP contribution in [0.5, 0.6) is 0 Å². The molecule has 21 heavy (non-hydrogen) atoms. The Bertz CT molecular complexity index is 494. The Morgan fingerprint density at radius 3 is 2.81 bits per heavy atom. The summed E-state index contributed by atoms with van der Waals surface area (Å²) >= 11 is 0. The van der Waals surface area contributed by atoms with Crippen molar-refractivity contribution in [2.75, 3.05) is 18.4 Å². The molecule has 0 aromatic heterocycles. The number of anilines is 1. The molecule has 1 amide bonds. The van der Waals surface area contributed by atoms with Crippen molar-refractivity contribution >= 4 is 11.6 Å². The summed E-state index contributed by atoms with van der Waals surface area (Å²) in [7, 11) is 0. The Hall–Kier alpha value is -1.61. The molecule has 0 fully saturated rings. The lowest BCUT2D eigenvalue weighted by Gasteiger charge is -2.13. The fourth-order valence-electron chi connectivity index (χ4n) is 2.63. The van der Waals surface area contributed by atoms with Crippen molar-refractivity contribution in [2.45, 2.75) is 45.4 Å². The lowest BCUT2D eigenvalue weighted by Crippen LogP contribution is -2.23. The highest BCUT2D eigenvalue weighted by atomic mass is 16.1. The minimum absolute atomic E-state index is 0.0775. The molecule has 1 aliphatic carbocycles. The molecule has 0 aliphatic heterocycles. The first-order valence-electron chi connectivity index (χ1n) is 8.00. The summed E-state index contributed by atoms with van der Waals surface area (Å²) in [6.07, 6.45) is 9.22. The second kappa shape index (κ2) is 8.63. The van der Waals surface area contributed by atoms with Gasteiger partial charge in [-0.05, 0) is 57.2 Å². The summed E-state index contributed by atoms with van der Waals surface area (Å²) in [5.74, 6) is 0.0775. The van der Waals surface area contributed by atoms with Gasteiger partial charge in [0, 0.05) is 18.7 Å². The Morgan fingerprint density at radius 2 is 2.05 bits per heavy atom. The van der Waals surface area contributed by atoms with Gasteiger partial charge in [-0.15, -0.1) is 0 Å². The molecule has 2 N–H and O–H groups in total. The number of carbonyl (C=O) groups is 1. The number of aryl methyl sites for hydroxylation is 1. The number of rotatable bonds is 7. The summed E-state index contributed by atoms with van der Waals surface area (Å²) in [5.41, 5.74) is 3.59. The number of hydrogen-bond acceptors (Lipinski definition) is 2. The summed E-state index contributed by atoms with van der Waals surface area (Å²) in [6.45, 7) is 3.72. The zero-order valence-corrected chi connectivity index (χ0v) is 13.0. The van der Waals surface area contributed by atoms with Crippen LogP contribution in [0.2, 0.25) is 0 Å². The second-order valence-electron chi connectivity index (χ2n) is 5.72. The van der Waals surface area contributed by atoms with E-state index in [2.05, 4.69) is 16.7 Å². The number of amides is 1. The van der Waals surface area contributed by atoms with Gasteiger partial charge in [0.1, 0.15) is 0 Å². The van der Waals surface area contributed by atoms with Crippen molar-refractivity contribution in [1.29, 1.82) is 0 Å². The van der Waals surface area contributed by atoms with Crippen LogP contribution in [0, 0.1) is 6.92 Å². The van der Waals surface area contributed by atoms with Crippen molar-refractivity contribution in [3.63, 3.8) is 0 Å². The largest absolute Gasteiger partial charge is 0.326 e. The minimum atomic E-state index is 0.0775. The predicted molar refractivity (Wildman–Crippen MR) is 88.5 cm³/mol. The third-order valence-electron chi connectivity index (χ3n) is 3.96. The quantitative estimate of drug-likeness (QED) is 0.591. The van der Waals surface area contributed by atoms with Crippen molar-refractivity contribution in [1.82, 2.24) is 5.32 Å². The van der Waals surface area contributed by atoms with Crippen LogP contribution < -0.4 is 10.6 Å². The van der Waals surface area contributed by atoms with Crippen LogP contribution in [0.25, 0.3) is 0 Å². The Kier molecular flexibility index (Phi) is 6.48. The van der Waals surface area contributed by atoms with E-state index in [1.807, 2.05) is 31.2 Å². The van der Waals surface area contributed by atoms with Gasteiger partial charge in [0.15, 0.2) is 0 Å². The maximum atomic E-state index is 11.9. The van der Waals surface area contributed by atoms with E-state index in [9.17, 15) is 4.79 Å². The summed E-state index contributed by atoms with van der Waals surface area (Å²) in [4.78, 5) is 11.9. The molecule has 3 nitrogen and oxygen atoms in total. The predicted octanol–water partition coefficient (Wildman–Crippen LogP) is 3.80. The molecule has 1 aromatic carbocycles. The molecule has 0 saturated heterocycles. The maximum Gasteiger partial charge on any atom is 0.225 e. The number of carbonyl (C=O) groups excluding carboxylic acids is 1. The van der Waals surface area contributed by atoms with Crippen molar-refractivity contribution in [3.05, 3.63) is 41.5 Å². The summed E-state index contributed by atoms with van der Waals surface area (Å²) < 4.78 is 0. The van der Waals surface area contributed by atoms with Crippen LogP contribution in [-0.2, 0) is 4.79 Å². The van der Waals surface area contributed by atoms with E-state index >= 15 is 0 Å². The molecule has 0 heterocycles. The smallest absolute Gasteiger partial charge is 0.225 e. The van der Waals surface area contributed by atoms with Crippen LogP contribution >= 0.6 is 0 Å². The highest BCUT2D eigenvalue weighted by Crippen LogP contribution is 2.19. The van der Waals surface area contributed by atoms with Crippen LogP contribution in [0.1, 0.15) is 44.1 Å². The molecule has 0 unspecified atom stereocenters. The third-order valence-corrected chi connectivity index (χ3v) is 3.96. The van der Waals surface area contributed by atoms with Crippen LogP contribution in [-0.4, -0.2) is 19.0 Å². The van der Waals surface area contributed by atoms with Crippen LogP contribution in [0.15, 0.2) is 35.9 Å². The first-order valence-corrected chi connectivity index (χ1v) is 8.00. The SMILES string of the molecule is Cc1ccccc1NC(=O)CCNCCC1=CCCCC1.